The number of aliphatic hydroxyl groups excluding tert-OH is 1. The first-order valence-electron chi connectivity index (χ1n) is 11.0. The number of rotatable bonds is 6. The van der Waals surface area contributed by atoms with E-state index in [-0.39, 0.29) is 19.1 Å². The Morgan fingerprint density at radius 1 is 1.16 bits per heavy atom. The van der Waals surface area contributed by atoms with E-state index in [1.54, 1.807) is 24.3 Å². The lowest BCUT2D eigenvalue weighted by Gasteiger charge is -2.23. The van der Waals surface area contributed by atoms with E-state index in [2.05, 4.69) is 15.3 Å². The molecule has 0 bridgehead atoms. The molecule has 2 aliphatic rings. The van der Waals surface area contributed by atoms with Gasteiger partial charge in [0.05, 0.1) is 17.6 Å². The van der Waals surface area contributed by atoms with Crippen LogP contribution < -0.4 is 10.1 Å². The molecule has 2 heterocycles. The Kier molecular flexibility index (Phi) is 5.88. The van der Waals surface area contributed by atoms with E-state index in [4.69, 9.17) is 9.84 Å². The van der Waals surface area contributed by atoms with E-state index >= 15 is 0 Å². The molecule has 168 valence electrons. The molecule has 2 fully saturated rings. The van der Waals surface area contributed by atoms with Gasteiger partial charge >= 0.3 is 6.03 Å². The highest BCUT2D eigenvalue weighted by molar-refractivity contribution is 6.05. The van der Waals surface area contributed by atoms with Gasteiger partial charge in [-0.15, -0.1) is 0 Å². The molecule has 1 aromatic heterocycles. The number of ether oxygens (including phenoxy) is 1. The Balaban J connectivity index is 0.00000119. The topological polar surface area (TPSA) is 108 Å². The predicted octanol–water partition coefficient (Wildman–Crippen LogP) is 3.55. The second kappa shape index (κ2) is 8.63. The zero-order valence-electron chi connectivity index (χ0n) is 18.5. The minimum Gasteiger partial charge on any atom is -0.491 e. The number of nitrogens with one attached hydrogen (secondary N) is 2. The molecule has 3 aromatic rings. The van der Waals surface area contributed by atoms with E-state index in [9.17, 15) is 9.59 Å². The van der Waals surface area contributed by atoms with Crippen molar-refractivity contribution in [3.05, 3.63) is 59.4 Å². The molecule has 0 unspecified atom stereocenters. The number of carbonyl (C=O) groups is 2. The summed E-state index contributed by atoms with van der Waals surface area (Å²) in [5.41, 5.74) is 2.81. The maximum absolute atomic E-state index is 13.2. The van der Waals surface area contributed by atoms with E-state index in [1.807, 2.05) is 39.0 Å². The second-order valence-corrected chi connectivity index (χ2v) is 7.83. The average Bonchev–Trinajstić information content (AvgIpc) is 3.39. The monoisotopic (exact) mass is 436 g/mol. The van der Waals surface area contributed by atoms with Crippen LogP contribution in [0, 0.1) is 6.92 Å². The fraction of sp³-hybridized carbons (Fsp3) is 0.375. The third-order valence-corrected chi connectivity index (χ3v) is 5.74. The van der Waals surface area contributed by atoms with Gasteiger partial charge < -0.3 is 20.1 Å². The lowest BCUT2D eigenvalue weighted by atomic mass is 10.1. The molecule has 3 amide bonds. The van der Waals surface area contributed by atoms with Crippen LogP contribution in [-0.2, 0) is 10.3 Å². The fourth-order valence-corrected chi connectivity index (χ4v) is 4.06. The summed E-state index contributed by atoms with van der Waals surface area (Å²) in [5, 5.41) is 11.7. The summed E-state index contributed by atoms with van der Waals surface area (Å²) in [4.78, 5) is 35.4. The van der Waals surface area contributed by atoms with Crippen molar-refractivity contribution in [3.63, 3.8) is 0 Å². The number of aryl methyl sites for hydroxylation is 1. The maximum Gasteiger partial charge on any atom is 0.326 e. The van der Waals surface area contributed by atoms with Crippen LogP contribution in [0.4, 0.5) is 4.79 Å². The Bertz CT molecular complexity index is 1130. The number of imidazole rings is 1. The number of carbonyl (C=O) groups excluding carboxylic acids is 2. The van der Waals surface area contributed by atoms with Crippen molar-refractivity contribution in [2.45, 2.75) is 45.2 Å². The van der Waals surface area contributed by atoms with Crippen LogP contribution in [-0.4, -0.2) is 45.1 Å². The van der Waals surface area contributed by atoms with Crippen LogP contribution in [0.5, 0.6) is 5.75 Å². The summed E-state index contributed by atoms with van der Waals surface area (Å²) in [5.74, 6) is 0.968. The van der Waals surface area contributed by atoms with Crippen molar-refractivity contribution < 1.29 is 19.4 Å². The summed E-state index contributed by atoms with van der Waals surface area (Å²) in [7, 11) is 0. The lowest BCUT2D eigenvalue weighted by molar-refractivity contribution is -0.130. The van der Waals surface area contributed by atoms with Crippen molar-refractivity contribution in [3.8, 4) is 5.75 Å². The number of imide groups is 1. The standard InChI is InChI=1S/C22H22N4O4.C2H6/c1-13-2-7-16-17(12-13)24-20(23-16)22(8-9-22)26-19(28)18(25-21(26)29)14-3-5-15(6-4-14)30-11-10-27;1-2/h2-7,12,18,27H,8-11H2,1H3,(H,23,24)(H,25,29);1-2H3/t18-;/m1./s1. The Hall–Kier alpha value is -3.39. The van der Waals surface area contributed by atoms with E-state index in [0.29, 0.717) is 30.0 Å². The molecule has 2 aromatic carbocycles. The van der Waals surface area contributed by atoms with E-state index in [0.717, 1.165) is 16.6 Å². The molecular formula is C24H28N4O4. The molecular weight excluding hydrogens is 408 g/mol. The quantitative estimate of drug-likeness (QED) is 0.512. The minimum atomic E-state index is -0.742. The molecule has 0 radical (unpaired) electrons. The van der Waals surface area contributed by atoms with Crippen LogP contribution in [0.1, 0.15) is 49.7 Å². The van der Waals surface area contributed by atoms with Crippen molar-refractivity contribution in [1.82, 2.24) is 20.2 Å². The molecule has 1 aliphatic heterocycles. The number of nitrogens with zero attached hydrogens (tertiary/aromatic N) is 2. The van der Waals surface area contributed by atoms with Gasteiger partial charge in [0.15, 0.2) is 0 Å². The van der Waals surface area contributed by atoms with Gasteiger partial charge in [-0.2, -0.15) is 0 Å². The number of aromatic amines is 1. The van der Waals surface area contributed by atoms with Gasteiger partial charge in [0.2, 0.25) is 0 Å². The number of hydrogen-bond donors (Lipinski definition) is 3. The third-order valence-electron chi connectivity index (χ3n) is 5.74. The molecule has 1 saturated carbocycles. The van der Waals surface area contributed by atoms with Crippen LogP contribution in [0.25, 0.3) is 11.0 Å². The minimum absolute atomic E-state index is 0.0721. The molecule has 5 rings (SSSR count). The third kappa shape index (κ3) is 3.71. The van der Waals surface area contributed by atoms with Crippen molar-refractivity contribution >= 4 is 23.0 Å². The number of H-pyrrole nitrogens is 1. The number of hydrogen-bond acceptors (Lipinski definition) is 5. The van der Waals surface area contributed by atoms with Crippen molar-refractivity contribution in [2.24, 2.45) is 0 Å². The molecule has 1 saturated heterocycles. The molecule has 8 nitrogen and oxygen atoms in total. The highest BCUT2D eigenvalue weighted by Gasteiger charge is 2.60. The highest BCUT2D eigenvalue weighted by atomic mass is 16.5. The second-order valence-electron chi connectivity index (χ2n) is 7.83. The first-order chi connectivity index (χ1) is 15.5. The number of amides is 3. The Morgan fingerprint density at radius 3 is 2.53 bits per heavy atom. The summed E-state index contributed by atoms with van der Waals surface area (Å²) in [6, 6.07) is 11.7. The SMILES string of the molecule is CC.Cc1ccc2nc(C3(N4C(=O)N[C@H](c5ccc(OCCO)cc5)C4=O)CC3)[nH]c2c1. The zero-order chi connectivity index (χ0) is 22.9. The number of fused-ring (bicyclic) bond motifs is 1. The smallest absolute Gasteiger partial charge is 0.326 e. The van der Waals surface area contributed by atoms with Crippen LogP contribution in [0.3, 0.4) is 0 Å². The Morgan fingerprint density at radius 2 is 1.88 bits per heavy atom. The average molecular weight is 437 g/mol. The highest BCUT2D eigenvalue weighted by Crippen LogP contribution is 2.52. The predicted molar refractivity (Wildman–Crippen MR) is 120 cm³/mol. The first-order valence-corrected chi connectivity index (χ1v) is 11.0. The normalized spacial score (nSPS) is 18.9. The van der Waals surface area contributed by atoms with Gasteiger partial charge in [0.1, 0.15) is 29.8 Å². The first kappa shape index (κ1) is 21.8. The van der Waals surface area contributed by atoms with Gasteiger partial charge in [-0.3, -0.25) is 4.79 Å². The molecule has 3 N–H and O–H groups in total. The summed E-state index contributed by atoms with van der Waals surface area (Å²) in [6.45, 7) is 6.14. The molecule has 1 aliphatic carbocycles. The maximum atomic E-state index is 13.2. The van der Waals surface area contributed by atoms with E-state index in [1.165, 1.54) is 4.90 Å². The number of benzene rings is 2. The number of aliphatic hydroxyl groups is 1. The lowest BCUT2D eigenvalue weighted by Crippen LogP contribution is -2.41. The van der Waals surface area contributed by atoms with Crippen LogP contribution >= 0.6 is 0 Å². The molecule has 1 atom stereocenters. The van der Waals surface area contributed by atoms with Gasteiger partial charge in [-0.1, -0.05) is 32.0 Å². The van der Waals surface area contributed by atoms with Gasteiger partial charge in [0, 0.05) is 0 Å². The number of urea groups is 1. The van der Waals surface area contributed by atoms with Gasteiger partial charge in [-0.05, 0) is 55.2 Å². The van der Waals surface area contributed by atoms with Crippen molar-refractivity contribution in [1.29, 1.82) is 0 Å². The van der Waals surface area contributed by atoms with E-state index < -0.39 is 17.6 Å². The summed E-state index contributed by atoms with van der Waals surface area (Å²) < 4.78 is 5.36. The fourth-order valence-electron chi connectivity index (χ4n) is 4.06. The molecule has 8 heteroatoms. The van der Waals surface area contributed by atoms with Crippen LogP contribution in [0.2, 0.25) is 0 Å². The van der Waals surface area contributed by atoms with Gasteiger partial charge in [0.25, 0.3) is 5.91 Å². The number of aromatic nitrogens is 2. The largest absolute Gasteiger partial charge is 0.491 e. The Labute approximate surface area is 186 Å². The van der Waals surface area contributed by atoms with Crippen LogP contribution in [0.15, 0.2) is 42.5 Å². The summed E-state index contributed by atoms with van der Waals surface area (Å²) >= 11 is 0. The molecule has 0 spiro atoms. The van der Waals surface area contributed by atoms with Crippen molar-refractivity contribution in [2.75, 3.05) is 13.2 Å². The molecule has 32 heavy (non-hydrogen) atoms. The summed E-state index contributed by atoms with van der Waals surface area (Å²) in [6.07, 6.45) is 1.37. The zero-order valence-corrected chi connectivity index (χ0v) is 18.5. The van der Waals surface area contributed by atoms with Gasteiger partial charge in [-0.25, -0.2) is 14.7 Å².